The molecule has 0 aliphatic carbocycles. The van der Waals surface area contributed by atoms with Crippen molar-refractivity contribution in [2.24, 2.45) is 0 Å². The summed E-state index contributed by atoms with van der Waals surface area (Å²) in [5, 5.41) is 2.75. The molecule has 3 rings (SSSR count). The van der Waals surface area contributed by atoms with Gasteiger partial charge in [-0.15, -0.1) is 0 Å². The third-order valence-corrected chi connectivity index (χ3v) is 5.92. The van der Waals surface area contributed by atoms with Gasteiger partial charge in [-0.05, 0) is 60.9 Å². The molecular weight excluding hydrogens is 414 g/mol. The lowest BCUT2D eigenvalue weighted by molar-refractivity contribution is -0.122. The molecule has 0 bridgehead atoms. The summed E-state index contributed by atoms with van der Waals surface area (Å²) < 4.78 is 33.2. The standard InChI is InChI=1S/C23H25N3O4S/c1-16(2)20-8-4-5-9-21(20)30-17(3)23(27)25-18-11-13-19(14-12-18)31(28,29)26-22-10-6-7-15-24-22/h4-17H,1-3H3,(H,24,26)(H,25,27)/t17-/m1/s1. The Bertz CT molecular complexity index is 1130. The van der Waals surface area contributed by atoms with Crippen LogP contribution in [0, 0.1) is 0 Å². The summed E-state index contributed by atoms with van der Waals surface area (Å²) in [6.45, 7) is 5.79. The number of pyridine rings is 1. The first kappa shape index (κ1) is 22.3. The Morgan fingerprint density at radius 1 is 0.935 bits per heavy atom. The molecule has 0 radical (unpaired) electrons. The lowest BCUT2D eigenvalue weighted by Crippen LogP contribution is -2.30. The predicted molar refractivity (Wildman–Crippen MR) is 121 cm³/mol. The number of hydrogen-bond donors (Lipinski definition) is 2. The smallest absolute Gasteiger partial charge is 0.265 e. The average Bonchev–Trinajstić information content (AvgIpc) is 2.74. The van der Waals surface area contributed by atoms with Crippen LogP contribution in [0.3, 0.4) is 0 Å². The quantitative estimate of drug-likeness (QED) is 0.542. The topological polar surface area (TPSA) is 97.4 Å². The molecule has 1 heterocycles. The summed E-state index contributed by atoms with van der Waals surface area (Å²) in [5.74, 6) is 0.830. The molecule has 2 aromatic carbocycles. The van der Waals surface area contributed by atoms with E-state index in [9.17, 15) is 13.2 Å². The average molecular weight is 440 g/mol. The molecule has 7 nitrogen and oxygen atoms in total. The Balaban J connectivity index is 1.65. The number of carbonyl (C=O) groups is 1. The number of benzene rings is 2. The molecule has 8 heteroatoms. The summed E-state index contributed by atoms with van der Waals surface area (Å²) in [7, 11) is -3.78. The van der Waals surface area contributed by atoms with Crippen molar-refractivity contribution >= 4 is 27.4 Å². The first-order valence-corrected chi connectivity index (χ1v) is 11.3. The van der Waals surface area contributed by atoms with Gasteiger partial charge in [0, 0.05) is 11.9 Å². The number of aromatic nitrogens is 1. The molecule has 0 saturated heterocycles. The lowest BCUT2D eigenvalue weighted by Gasteiger charge is -2.18. The van der Waals surface area contributed by atoms with Crippen LogP contribution in [0.4, 0.5) is 11.5 Å². The molecule has 0 aliphatic heterocycles. The van der Waals surface area contributed by atoms with Gasteiger partial charge in [0.05, 0.1) is 4.90 Å². The molecule has 3 aromatic rings. The van der Waals surface area contributed by atoms with Gasteiger partial charge < -0.3 is 10.1 Å². The van der Waals surface area contributed by atoms with E-state index in [2.05, 4.69) is 28.9 Å². The maximum absolute atomic E-state index is 12.5. The van der Waals surface area contributed by atoms with E-state index in [1.54, 1.807) is 25.1 Å². The van der Waals surface area contributed by atoms with Crippen LogP contribution in [-0.2, 0) is 14.8 Å². The second kappa shape index (κ2) is 9.61. The summed E-state index contributed by atoms with van der Waals surface area (Å²) in [4.78, 5) is 16.6. The zero-order chi connectivity index (χ0) is 22.4. The monoisotopic (exact) mass is 439 g/mol. The number of rotatable bonds is 8. The SMILES string of the molecule is CC(C)c1ccccc1O[C@H](C)C(=O)Nc1ccc(S(=O)(=O)Nc2ccccn2)cc1. The van der Waals surface area contributed by atoms with Gasteiger partial charge >= 0.3 is 0 Å². The molecule has 0 spiro atoms. The molecule has 1 amide bonds. The Hall–Kier alpha value is -3.39. The highest BCUT2D eigenvalue weighted by Gasteiger charge is 2.19. The number of nitrogens with one attached hydrogen (secondary N) is 2. The van der Waals surface area contributed by atoms with Crippen molar-refractivity contribution in [3.8, 4) is 5.75 Å². The van der Waals surface area contributed by atoms with Crippen molar-refractivity contribution in [1.29, 1.82) is 0 Å². The molecule has 0 fully saturated rings. The lowest BCUT2D eigenvalue weighted by atomic mass is 10.0. The Morgan fingerprint density at radius 3 is 2.26 bits per heavy atom. The third kappa shape index (κ3) is 5.82. The maximum atomic E-state index is 12.5. The fraction of sp³-hybridized carbons (Fsp3) is 0.217. The number of amides is 1. The zero-order valence-electron chi connectivity index (χ0n) is 17.6. The van der Waals surface area contributed by atoms with Crippen LogP contribution in [0.25, 0.3) is 0 Å². The number of hydrogen-bond acceptors (Lipinski definition) is 5. The highest BCUT2D eigenvalue weighted by Crippen LogP contribution is 2.27. The van der Waals surface area contributed by atoms with Crippen molar-refractivity contribution in [1.82, 2.24) is 4.98 Å². The van der Waals surface area contributed by atoms with Crippen LogP contribution in [0.1, 0.15) is 32.3 Å². The molecule has 0 aliphatic rings. The van der Waals surface area contributed by atoms with E-state index < -0.39 is 16.1 Å². The minimum absolute atomic E-state index is 0.0614. The second-order valence-corrected chi connectivity index (χ2v) is 8.97. The third-order valence-electron chi connectivity index (χ3n) is 4.55. The summed E-state index contributed by atoms with van der Waals surface area (Å²) in [5.41, 5.74) is 1.49. The number of nitrogens with zero attached hydrogens (tertiary/aromatic N) is 1. The van der Waals surface area contributed by atoms with Gasteiger partial charge in [-0.3, -0.25) is 9.52 Å². The molecule has 1 aromatic heterocycles. The Kier molecular flexibility index (Phi) is 6.91. The first-order chi connectivity index (χ1) is 14.8. The van der Waals surface area contributed by atoms with E-state index >= 15 is 0 Å². The van der Waals surface area contributed by atoms with Crippen LogP contribution >= 0.6 is 0 Å². The maximum Gasteiger partial charge on any atom is 0.265 e. The van der Waals surface area contributed by atoms with E-state index in [1.807, 2.05) is 24.3 Å². The number of carbonyl (C=O) groups excluding carboxylic acids is 1. The van der Waals surface area contributed by atoms with Crippen LogP contribution in [0.5, 0.6) is 5.75 Å². The molecule has 0 saturated carbocycles. The largest absolute Gasteiger partial charge is 0.481 e. The molecular formula is C23H25N3O4S. The van der Waals surface area contributed by atoms with Gasteiger partial charge in [0.1, 0.15) is 11.6 Å². The Morgan fingerprint density at radius 2 is 1.61 bits per heavy atom. The van der Waals surface area contributed by atoms with Crippen LogP contribution < -0.4 is 14.8 Å². The minimum atomic E-state index is -3.78. The highest BCUT2D eigenvalue weighted by molar-refractivity contribution is 7.92. The highest BCUT2D eigenvalue weighted by atomic mass is 32.2. The van der Waals surface area contributed by atoms with Crippen LogP contribution in [-0.4, -0.2) is 25.4 Å². The number of sulfonamides is 1. The normalized spacial score (nSPS) is 12.3. The number of para-hydroxylation sites is 1. The number of ether oxygens (including phenoxy) is 1. The van der Waals surface area contributed by atoms with Gasteiger partial charge in [-0.2, -0.15) is 0 Å². The molecule has 1 atom stereocenters. The Labute approximate surface area is 182 Å². The zero-order valence-corrected chi connectivity index (χ0v) is 18.4. The fourth-order valence-corrected chi connectivity index (χ4v) is 3.90. The van der Waals surface area contributed by atoms with Gasteiger partial charge in [0.25, 0.3) is 15.9 Å². The van der Waals surface area contributed by atoms with Gasteiger partial charge in [-0.1, -0.05) is 38.1 Å². The van der Waals surface area contributed by atoms with Gasteiger partial charge in [-0.25, -0.2) is 13.4 Å². The molecule has 162 valence electrons. The minimum Gasteiger partial charge on any atom is -0.481 e. The van der Waals surface area contributed by atoms with Crippen molar-refractivity contribution in [3.63, 3.8) is 0 Å². The van der Waals surface area contributed by atoms with Gasteiger partial charge in [0.2, 0.25) is 0 Å². The molecule has 31 heavy (non-hydrogen) atoms. The van der Waals surface area contributed by atoms with Gasteiger partial charge in [0.15, 0.2) is 6.10 Å². The van der Waals surface area contributed by atoms with Crippen LogP contribution in [0.2, 0.25) is 0 Å². The fourth-order valence-electron chi connectivity index (χ4n) is 2.89. The summed E-state index contributed by atoms with van der Waals surface area (Å²) >= 11 is 0. The summed E-state index contributed by atoms with van der Waals surface area (Å²) in [6.07, 6.45) is 0.772. The summed E-state index contributed by atoms with van der Waals surface area (Å²) in [6, 6.07) is 18.4. The predicted octanol–water partition coefficient (Wildman–Crippen LogP) is 4.41. The van der Waals surface area contributed by atoms with E-state index in [1.165, 1.54) is 30.5 Å². The van der Waals surface area contributed by atoms with Crippen molar-refractivity contribution < 1.29 is 17.9 Å². The van der Waals surface area contributed by atoms with E-state index in [0.717, 1.165) is 5.56 Å². The number of anilines is 2. The van der Waals surface area contributed by atoms with Crippen molar-refractivity contribution in [2.75, 3.05) is 10.0 Å². The van der Waals surface area contributed by atoms with Crippen molar-refractivity contribution in [3.05, 3.63) is 78.5 Å². The second-order valence-electron chi connectivity index (χ2n) is 7.29. The van der Waals surface area contributed by atoms with E-state index in [0.29, 0.717) is 11.4 Å². The first-order valence-electron chi connectivity index (χ1n) is 9.86. The molecule has 2 N–H and O–H groups in total. The van der Waals surface area contributed by atoms with E-state index in [4.69, 9.17) is 4.74 Å². The van der Waals surface area contributed by atoms with Crippen LogP contribution in [0.15, 0.2) is 77.8 Å². The van der Waals surface area contributed by atoms with E-state index in [-0.39, 0.29) is 22.5 Å². The van der Waals surface area contributed by atoms with Crippen molar-refractivity contribution in [2.45, 2.75) is 37.7 Å². The molecule has 0 unspecified atom stereocenters.